The molecule has 0 spiro atoms. The van der Waals surface area contributed by atoms with Crippen LogP contribution in [-0.2, 0) is 25.0 Å². The summed E-state index contributed by atoms with van der Waals surface area (Å²) in [7, 11) is -1.86. The normalized spacial score (nSPS) is 23.7. The van der Waals surface area contributed by atoms with E-state index >= 15 is 0 Å². The number of nitrogens with zero attached hydrogens (tertiary/aromatic N) is 2. The van der Waals surface area contributed by atoms with E-state index in [2.05, 4.69) is 9.62 Å². The first kappa shape index (κ1) is 20.8. The number of nitrogens with one attached hydrogen (secondary N) is 1. The van der Waals surface area contributed by atoms with Crippen LogP contribution in [0.3, 0.4) is 0 Å². The quantitative estimate of drug-likeness (QED) is 0.757. The van der Waals surface area contributed by atoms with E-state index in [0.29, 0.717) is 13.0 Å². The van der Waals surface area contributed by atoms with Crippen LogP contribution in [0.15, 0.2) is 23.1 Å². The molecule has 0 atom stereocenters. The van der Waals surface area contributed by atoms with Crippen LogP contribution in [0.25, 0.3) is 0 Å². The first-order valence-electron chi connectivity index (χ1n) is 10.3. The van der Waals surface area contributed by atoms with Gasteiger partial charge in [0, 0.05) is 50.7 Å². The van der Waals surface area contributed by atoms with Crippen LogP contribution in [0, 0.1) is 5.41 Å². The van der Waals surface area contributed by atoms with Gasteiger partial charge in [0.25, 0.3) is 0 Å². The molecule has 2 fully saturated rings. The Morgan fingerprint density at radius 2 is 1.86 bits per heavy atom. The largest absolute Gasteiger partial charge is 0.379 e. The van der Waals surface area contributed by atoms with Gasteiger partial charge in [-0.05, 0) is 42.0 Å². The molecule has 1 saturated heterocycles. The lowest BCUT2D eigenvalue weighted by molar-refractivity contribution is -0.119. The van der Waals surface area contributed by atoms with Crippen LogP contribution in [0.2, 0.25) is 0 Å². The number of fused-ring (bicyclic) bond motifs is 1. The first-order chi connectivity index (χ1) is 13.6. The molecule has 2 heterocycles. The van der Waals surface area contributed by atoms with Gasteiger partial charge in [-0.1, -0.05) is 13.8 Å². The zero-order valence-corrected chi connectivity index (χ0v) is 18.3. The maximum absolute atomic E-state index is 13.0. The monoisotopic (exact) mass is 421 g/mol. The van der Waals surface area contributed by atoms with Gasteiger partial charge in [0.15, 0.2) is 0 Å². The third-order valence-electron chi connectivity index (χ3n) is 6.59. The molecule has 29 heavy (non-hydrogen) atoms. The average Bonchev–Trinajstić information content (AvgIpc) is 3.45. The fourth-order valence-electron chi connectivity index (χ4n) is 4.38. The van der Waals surface area contributed by atoms with Crippen LogP contribution >= 0.6 is 0 Å². The third kappa shape index (κ3) is 4.21. The molecule has 3 aliphatic rings. The van der Waals surface area contributed by atoms with E-state index < -0.39 is 15.4 Å². The summed E-state index contributed by atoms with van der Waals surface area (Å²) < 4.78 is 34.3. The highest BCUT2D eigenvalue weighted by Crippen LogP contribution is 2.46. The molecule has 7 nitrogen and oxygen atoms in total. The molecule has 0 bridgehead atoms. The van der Waals surface area contributed by atoms with Crippen molar-refractivity contribution in [2.45, 2.75) is 43.4 Å². The summed E-state index contributed by atoms with van der Waals surface area (Å²) in [6.45, 7) is 8.70. The summed E-state index contributed by atoms with van der Waals surface area (Å²) in [5.74, 6) is 0.0509. The second-order valence-corrected chi connectivity index (χ2v) is 11.2. The van der Waals surface area contributed by atoms with Gasteiger partial charge in [-0.2, -0.15) is 0 Å². The van der Waals surface area contributed by atoms with E-state index in [9.17, 15) is 13.2 Å². The number of morpholine rings is 1. The molecule has 1 aromatic carbocycles. The predicted molar refractivity (Wildman–Crippen MR) is 112 cm³/mol. The van der Waals surface area contributed by atoms with Crippen LogP contribution < -0.4 is 9.62 Å². The molecule has 1 aromatic rings. The molecule has 1 N–H and O–H groups in total. The highest BCUT2D eigenvalue weighted by Gasteiger charge is 2.45. The van der Waals surface area contributed by atoms with Gasteiger partial charge in [-0.3, -0.25) is 9.69 Å². The van der Waals surface area contributed by atoms with Crippen LogP contribution in [0.1, 0.15) is 38.7 Å². The summed E-state index contributed by atoms with van der Waals surface area (Å²) in [4.78, 5) is 16.5. The third-order valence-corrected chi connectivity index (χ3v) is 7.99. The average molecular weight is 422 g/mol. The number of hydrogen-bond acceptors (Lipinski definition) is 5. The molecule has 2 aliphatic heterocycles. The van der Waals surface area contributed by atoms with Gasteiger partial charge in [0.05, 0.1) is 18.1 Å². The highest BCUT2D eigenvalue weighted by molar-refractivity contribution is 7.89. The fraction of sp³-hybridized carbons (Fsp3) is 0.667. The van der Waals surface area contributed by atoms with E-state index in [1.165, 1.54) is 0 Å². The summed E-state index contributed by atoms with van der Waals surface area (Å²) in [6.07, 6.45) is 2.48. The second-order valence-electron chi connectivity index (χ2n) is 9.41. The van der Waals surface area contributed by atoms with Crippen molar-refractivity contribution in [2.24, 2.45) is 5.41 Å². The first-order valence-corrected chi connectivity index (χ1v) is 11.8. The number of sulfonamides is 1. The van der Waals surface area contributed by atoms with Crippen molar-refractivity contribution >= 4 is 21.6 Å². The van der Waals surface area contributed by atoms with Crippen molar-refractivity contribution in [1.82, 2.24) is 9.62 Å². The van der Waals surface area contributed by atoms with Crippen molar-refractivity contribution in [2.75, 3.05) is 51.3 Å². The minimum absolute atomic E-state index is 0.0462. The topological polar surface area (TPSA) is 79.0 Å². The second kappa shape index (κ2) is 7.34. The predicted octanol–water partition coefficient (Wildman–Crippen LogP) is 1.72. The van der Waals surface area contributed by atoms with Crippen molar-refractivity contribution in [3.63, 3.8) is 0 Å². The lowest BCUT2D eigenvalue weighted by atomic mass is 9.77. The number of anilines is 1. The zero-order chi connectivity index (χ0) is 20.9. The summed E-state index contributed by atoms with van der Waals surface area (Å²) in [6, 6.07) is 5.10. The minimum Gasteiger partial charge on any atom is -0.379 e. The number of amides is 1. The molecule has 1 saturated carbocycles. The maximum Gasteiger partial charge on any atom is 0.240 e. The van der Waals surface area contributed by atoms with Gasteiger partial charge in [-0.25, -0.2) is 13.1 Å². The standard InChI is InChI=1S/C21H31N3O4S/c1-20(2)13-19(25)23(3)18-5-4-16(12-17(18)20)29(26,27)22-14-21(6-7-21)15-24-8-10-28-11-9-24/h4-5,12,22H,6-11,13-15H2,1-3H3. The van der Waals surface area contributed by atoms with Crippen molar-refractivity contribution < 1.29 is 17.9 Å². The molecule has 0 radical (unpaired) electrons. The smallest absolute Gasteiger partial charge is 0.240 e. The van der Waals surface area contributed by atoms with E-state index in [1.54, 1.807) is 30.1 Å². The number of benzene rings is 1. The number of hydrogen-bond donors (Lipinski definition) is 1. The minimum atomic E-state index is -3.61. The maximum atomic E-state index is 13.0. The van der Waals surface area contributed by atoms with E-state index in [-0.39, 0.29) is 16.2 Å². The van der Waals surface area contributed by atoms with Gasteiger partial charge >= 0.3 is 0 Å². The Balaban J connectivity index is 1.49. The van der Waals surface area contributed by atoms with Crippen LogP contribution in [0.5, 0.6) is 0 Å². The van der Waals surface area contributed by atoms with E-state index in [4.69, 9.17) is 4.74 Å². The van der Waals surface area contributed by atoms with Crippen molar-refractivity contribution in [3.8, 4) is 0 Å². The van der Waals surface area contributed by atoms with Crippen molar-refractivity contribution in [1.29, 1.82) is 0 Å². The Labute approximate surface area is 173 Å². The number of rotatable bonds is 6. The molecular weight excluding hydrogens is 390 g/mol. The van der Waals surface area contributed by atoms with Crippen molar-refractivity contribution in [3.05, 3.63) is 23.8 Å². The fourth-order valence-corrected chi connectivity index (χ4v) is 5.56. The Bertz CT molecular complexity index is 903. The Hall–Kier alpha value is -1.48. The molecular formula is C21H31N3O4S. The SMILES string of the molecule is CN1C(=O)CC(C)(C)c2cc(S(=O)(=O)NCC3(CN4CCOCC4)CC3)ccc21. The number of ether oxygens (including phenoxy) is 1. The highest BCUT2D eigenvalue weighted by atomic mass is 32.2. The van der Waals surface area contributed by atoms with Gasteiger partial charge < -0.3 is 9.64 Å². The molecule has 0 unspecified atom stereocenters. The molecule has 0 aromatic heterocycles. The van der Waals surface area contributed by atoms with E-state index in [0.717, 1.165) is 56.9 Å². The summed E-state index contributed by atoms with van der Waals surface area (Å²) in [5, 5.41) is 0. The summed E-state index contributed by atoms with van der Waals surface area (Å²) >= 11 is 0. The Kier molecular flexibility index (Phi) is 5.26. The van der Waals surface area contributed by atoms with Gasteiger partial charge in [0.2, 0.25) is 15.9 Å². The van der Waals surface area contributed by atoms with E-state index in [1.807, 2.05) is 13.8 Å². The molecule has 160 valence electrons. The van der Waals surface area contributed by atoms with Gasteiger partial charge in [-0.15, -0.1) is 0 Å². The number of carbonyl (C=O) groups excluding carboxylic acids is 1. The molecule has 8 heteroatoms. The molecule has 1 amide bonds. The Morgan fingerprint density at radius 1 is 1.17 bits per heavy atom. The Morgan fingerprint density at radius 3 is 2.52 bits per heavy atom. The molecule has 1 aliphatic carbocycles. The lowest BCUT2D eigenvalue weighted by Crippen LogP contribution is -2.43. The van der Waals surface area contributed by atoms with Crippen LogP contribution in [0.4, 0.5) is 5.69 Å². The van der Waals surface area contributed by atoms with Crippen LogP contribution in [-0.4, -0.2) is 65.7 Å². The molecule has 4 rings (SSSR count). The zero-order valence-electron chi connectivity index (χ0n) is 17.5. The number of carbonyl (C=O) groups is 1. The summed E-state index contributed by atoms with van der Waals surface area (Å²) in [5.41, 5.74) is 1.34. The lowest BCUT2D eigenvalue weighted by Gasteiger charge is -2.37. The van der Waals surface area contributed by atoms with Gasteiger partial charge in [0.1, 0.15) is 0 Å².